The fourth-order valence-electron chi connectivity index (χ4n) is 3.66. The molecule has 112 valence electrons. The summed E-state index contributed by atoms with van der Waals surface area (Å²) in [7, 11) is 0. The Morgan fingerprint density at radius 2 is 1.81 bits per heavy atom. The molecule has 1 saturated carbocycles. The van der Waals surface area contributed by atoms with Crippen molar-refractivity contribution in [3.05, 3.63) is 48.0 Å². The Kier molecular flexibility index (Phi) is 4.92. The van der Waals surface area contributed by atoms with E-state index in [0.717, 1.165) is 12.5 Å². The van der Waals surface area contributed by atoms with Crippen molar-refractivity contribution in [1.29, 1.82) is 0 Å². The Labute approximate surface area is 128 Å². The van der Waals surface area contributed by atoms with Crippen molar-refractivity contribution in [2.45, 2.75) is 51.5 Å². The maximum atomic E-state index is 3.78. The van der Waals surface area contributed by atoms with Gasteiger partial charge in [-0.25, -0.2) is 0 Å². The first-order valence-electron chi connectivity index (χ1n) is 8.59. The molecule has 0 bridgehead atoms. The SMILES string of the molecule is CCCNC(CC1CCCC1)c1ccc2ccccc2c1. The van der Waals surface area contributed by atoms with Crippen molar-refractivity contribution in [3.8, 4) is 0 Å². The van der Waals surface area contributed by atoms with Crippen LogP contribution in [0.3, 0.4) is 0 Å². The molecule has 0 spiro atoms. The largest absolute Gasteiger partial charge is 0.310 e. The average Bonchev–Trinajstić information content (AvgIpc) is 3.04. The number of rotatable bonds is 6. The van der Waals surface area contributed by atoms with Crippen LogP contribution in [0.25, 0.3) is 10.8 Å². The van der Waals surface area contributed by atoms with Gasteiger partial charge >= 0.3 is 0 Å². The minimum atomic E-state index is 0.526. The summed E-state index contributed by atoms with van der Waals surface area (Å²) in [5, 5.41) is 6.49. The summed E-state index contributed by atoms with van der Waals surface area (Å²) in [5.41, 5.74) is 1.47. The molecule has 1 aliphatic rings. The van der Waals surface area contributed by atoms with Gasteiger partial charge < -0.3 is 5.32 Å². The molecule has 0 amide bonds. The summed E-state index contributed by atoms with van der Waals surface area (Å²) in [4.78, 5) is 0. The zero-order chi connectivity index (χ0) is 14.5. The minimum absolute atomic E-state index is 0.526. The number of fused-ring (bicyclic) bond motifs is 1. The second kappa shape index (κ2) is 7.09. The van der Waals surface area contributed by atoms with E-state index in [2.05, 4.69) is 54.7 Å². The molecule has 0 aliphatic heterocycles. The molecule has 0 aromatic heterocycles. The zero-order valence-electron chi connectivity index (χ0n) is 13.1. The highest BCUT2D eigenvalue weighted by Gasteiger charge is 2.21. The summed E-state index contributed by atoms with van der Waals surface area (Å²) in [6, 6.07) is 16.2. The molecule has 1 heteroatoms. The first-order chi connectivity index (χ1) is 10.4. The molecule has 0 saturated heterocycles. The fourth-order valence-corrected chi connectivity index (χ4v) is 3.66. The van der Waals surface area contributed by atoms with Crippen LogP contribution in [0, 0.1) is 5.92 Å². The number of hydrogen-bond donors (Lipinski definition) is 1. The first-order valence-corrected chi connectivity index (χ1v) is 8.59. The van der Waals surface area contributed by atoms with Crippen molar-refractivity contribution in [2.75, 3.05) is 6.54 Å². The van der Waals surface area contributed by atoms with Gasteiger partial charge in [0.25, 0.3) is 0 Å². The van der Waals surface area contributed by atoms with E-state index in [1.807, 2.05) is 0 Å². The van der Waals surface area contributed by atoms with Crippen LogP contribution in [-0.2, 0) is 0 Å². The summed E-state index contributed by atoms with van der Waals surface area (Å²) in [6.45, 7) is 3.37. The molecule has 1 aliphatic carbocycles. The molecule has 2 aromatic rings. The minimum Gasteiger partial charge on any atom is -0.310 e. The third kappa shape index (κ3) is 3.65. The smallest absolute Gasteiger partial charge is 0.0323 e. The number of hydrogen-bond acceptors (Lipinski definition) is 1. The van der Waals surface area contributed by atoms with E-state index in [0.29, 0.717) is 6.04 Å². The lowest BCUT2D eigenvalue weighted by atomic mass is 9.92. The molecular weight excluding hydrogens is 254 g/mol. The fraction of sp³-hybridized carbons (Fsp3) is 0.500. The van der Waals surface area contributed by atoms with Crippen molar-refractivity contribution < 1.29 is 0 Å². The molecule has 0 heterocycles. The van der Waals surface area contributed by atoms with E-state index in [9.17, 15) is 0 Å². The quantitative estimate of drug-likeness (QED) is 0.741. The van der Waals surface area contributed by atoms with Crippen molar-refractivity contribution >= 4 is 10.8 Å². The van der Waals surface area contributed by atoms with Gasteiger partial charge in [0.05, 0.1) is 0 Å². The van der Waals surface area contributed by atoms with Crippen LogP contribution in [0.5, 0.6) is 0 Å². The summed E-state index contributed by atoms with van der Waals surface area (Å²) in [5.74, 6) is 0.922. The Morgan fingerprint density at radius 1 is 1.05 bits per heavy atom. The third-order valence-electron chi connectivity index (χ3n) is 4.86. The van der Waals surface area contributed by atoms with Crippen LogP contribution in [-0.4, -0.2) is 6.54 Å². The second-order valence-electron chi connectivity index (χ2n) is 6.50. The highest BCUT2D eigenvalue weighted by molar-refractivity contribution is 5.83. The summed E-state index contributed by atoms with van der Waals surface area (Å²) >= 11 is 0. The van der Waals surface area contributed by atoms with Gasteiger partial charge in [-0.2, -0.15) is 0 Å². The van der Waals surface area contributed by atoms with Gasteiger partial charge in [0.1, 0.15) is 0 Å². The zero-order valence-corrected chi connectivity index (χ0v) is 13.1. The lowest BCUT2D eigenvalue weighted by Crippen LogP contribution is -2.24. The van der Waals surface area contributed by atoms with Gasteiger partial charge in [-0.3, -0.25) is 0 Å². The molecule has 21 heavy (non-hydrogen) atoms. The van der Waals surface area contributed by atoms with E-state index < -0.39 is 0 Å². The summed E-state index contributed by atoms with van der Waals surface area (Å²) < 4.78 is 0. The third-order valence-corrected chi connectivity index (χ3v) is 4.86. The van der Waals surface area contributed by atoms with Gasteiger partial charge in [-0.05, 0) is 47.7 Å². The molecular formula is C20H27N. The second-order valence-corrected chi connectivity index (χ2v) is 6.50. The van der Waals surface area contributed by atoms with Crippen molar-refractivity contribution in [2.24, 2.45) is 5.92 Å². The topological polar surface area (TPSA) is 12.0 Å². The molecule has 1 N–H and O–H groups in total. The van der Waals surface area contributed by atoms with Crippen molar-refractivity contribution in [1.82, 2.24) is 5.32 Å². The van der Waals surface area contributed by atoms with Gasteiger partial charge in [0.15, 0.2) is 0 Å². The monoisotopic (exact) mass is 281 g/mol. The average molecular weight is 281 g/mol. The van der Waals surface area contributed by atoms with E-state index in [1.165, 1.54) is 54.9 Å². The molecule has 1 unspecified atom stereocenters. The Balaban J connectivity index is 1.81. The van der Waals surface area contributed by atoms with Crippen LogP contribution in [0.15, 0.2) is 42.5 Å². The van der Waals surface area contributed by atoms with Crippen LogP contribution in [0.2, 0.25) is 0 Å². The van der Waals surface area contributed by atoms with Crippen molar-refractivity contribution in [3.63, 3.8) is 0 Å². The van der Waals surface area contributed by atoms with Gasteiger partial charge in [0, 0.05) is 6.04 Å². The predicted octanol–water partition coefficient (Wildman–Crippen LogP) is 5.46. The number of nitrogens with one attached hydrogen (secondary N) is 1. The maximum absolute atomic E-state index is 3.78. The Bertz CT molecular complexity index is 569. The lowest BCUT2D eigenvalue weighted by molar-refractivity contribution is 0.395. The van der Waals surface area contributed by atoms with Gasteiger partial charge in [-0.1, -0.05) is 69.0 Å². The summed E-state index contributed by atoms with van der Waals surface area (Å²) in [6.07, 6.45) is 8.23. The lowest BCUT2D eigenvalue weighted by Gasteiger charge is -2.23. The van der Waals surface area contributed by atoms with Crippen LogP contribution >= 0.6 is 0 Å². The highest BCUT2D eigenvalue weighted by atomic mass is 14.9. The van der Waals surface area contributed by atoms with Crippen LogP contribution in [0.4, 0.5) is 0 Å². The van der Waals surface area contributed by atoms with E-state index in [1.54, 1.807) is 0 Å². The molecule has 1 nitrogen and oxygen atoms in total. The maximum Gasteiger partial charge on any atom is 0.0323 e. The highest BCUT2D eigenvalue weighted by Crippen LogP contribution is 2.33. The van der Waals surface area contributed by atoms with Crippen LogP contribution in [0.1, 0.15) is 57.1 Å². The van der Waals surface area contributed by atoms with Crippen LogP contribution < -0.4 is 5.32 Å². The standard InChI is InChI=1S/C20H27N/c1-2-13-21-20(14-16-7-3-4-8-16)19-12-11-17-9-5-6-10-18(17)15-19/h5-6,9-12,15-16,20-21H,2-4,7-8,13-14H2,1H3. The predicted molar refractivity (Wildman–Crippen MR) is 91.6 cm³/mol. The molecule has 2 aromatic carbocycles. The Morgan fingerprint density at radius 3 is 2.57 bits per heavy atom. The molecule has 3 rings (SSSR count). The normalized spacial score (nSPS) is 17.4. The van der Waals surface area contributed by atoms with Gasteiger partial charge in [-0.15, -0.1) is 0 Å². The van der Waals surface area contributed by atoms with E-state index >= 15 is 0 Å². The molecule has 1 fully saturated rings. The molecule has 1 atom stereocenters. The number of benzene rings is 2. The first kappa shape index (κ1) is 14.6. The van der Waals surface area contributed by atoms with E-state index in [4.69, 9.17) is 0 Å². The van der Waals surface area contributed by atoms with Gasteiger partial charge in [0.2, 0.25) is 0 Å². The Hall–Kier alpha value is -1.34. The van der Waals surface area contributed by atoms with E-state index in [-0.39, 0.29) is 0 Å². The molecule has 0 radical (unpaired) electrons.